The number of hydrogen-bond donors (Lipinski definition) is 2. The van der Waals surface area contributed by atoms with Crippen LogP contribution >= 0.6 is 11.6 Å². The highest BCUT2D eigenvalue weighted by Gasteiger charge is 2.08. The molecule has 0 aliphatic carbocycles. The molecule has 0 fully saturated rings. The van der Waals surface area contributed by atoms with E-state index >= 15 is 0 Å². The van der Waals surface area contributed by atoms with Crippen LogP contribution in [-0.2, 0) is 0 Å². The van der Waals surface area contributed by atoms with E-state index < -0.39 is 11.9 Å². The van der Waals surface area contributed by atoms with E-state index in [1.807, 2.05) is 27.7 Å². The molecular formula is C20H23ClO6. The van der Waals surface area contributed by atoms with E-state index in [0.717, 1.165) is 0 Å². The Labute approximate surface area is 163 Å². The first-order valence-electron chi connectivity index (χ1n) is 8.29. The van der Waals surface area contributed by atoms with Gasteiger partial charge in [0.15, 0.2) is 0 Å². The van der Waals surface area contributed by atoms with Gasteiger partial charge in [-0.1, -0.05) is 11.6 Å². The van der Waals surface area contributed by atoms with Crippen LogP contribution in [0.2, 0.25) is 5.02 Å². The first kappa shape index (κ1) is 22.3. The molecule has 0 aliphatic heterocycles. The van der Waals surface area contributed by atoms with Gasteiger partial charge in [0.2, 0.25) is 0 Å². The molecule has 7 heteroatoms. The van der Waals surface area contributed by atoms with Gasteiger partial charge in [0.05, 0.1) is 28.4 Å². The molecule has 0 saturated carbocycles. The molecule has 2 aromatic rings. The molecule has 27 heavy (non-hydrogen) atoms. The number of benzene rings is 2. The van der Waals surface area contributed by atoms with Gasteiger partial charge in [-0.25, -0.2) is 9.59 Å². The highest BCUT2D eigenvalue weighted by molar-refractivity contribution is 6.32. The fourth-order valence-corrected chi connectivity index (χ4v) is 2.16. The Bertz CT molecular complexity index is 769. The lowest BCUT2D eigenvalue weighted by atomic mass is 10.2. The van der Waals surface area contributed by atoms with Gasteiger partial charge in [0, 0.05) is 0 Å². The van der Waals surface area contributed by atoms with Gasteiger partial charge >= 0.3 is 11.9 Å². The van der Waals surface area contributed by atoms with Crippen LogP contribution in [-0.4, -0.2) is 34.4 Å². The third-order valence-electron chi connectivity index (χ3n) is 3.01. The van der Waals surface area contributed by atoms with Crippen LogP contribution in [0.5, 0.6) is 11.5 Å². The van der Waals surface area contributed by atoms with Gasteiger partial charge in [0.25, 0.3) is 0 Å². The third-order valence-corrected chi connectivity index (χ3v) is 3.31. The minimum atomic E-state index is -0.997. The second-order valence-electron chi connectivity index (χ2n) is 6.11. The van der Waals surface area contributed by atoms with Crippen molar-refractivity contribution in [3.63, 3.8) is 0 Å². The van der Waals surface area contributed by atoms with Gasteiger partial charge in [-0.3, -0.25) is 0 Å². The van der Waals surface area contributed by atoms with Gasteiger partial charge in [-0.15, -0.1) is 0 Å². The maximum Gasteiger partial charge on any atom is 0.335 e. The molecule has 2 rings (SSSR count). The number of aromatic carboxylic acids is 2. The Morgan fingerprint density at radius 3 is 1.70 bits per heavy atom. The summed E-state index contributed by atoms with van der Waals surface area (Å²) >= 11 is 5.83. The highest BCUT2D eigenvalue weighted by Crippen LogP contribution is 2.26. The van der Waals surface area contributed by atoms with Gasteiger partial charge in [-0.2, -0.15) is 0 Å². The predicted molar refractivity (Wildman–Crippen MR) is 103 cm³/mol. The summed E-state index contributed by atoms with van der Waals surface area (Å²) in [6.45, 7) is 7.60. The lowest BCUT2D eigenvalue weighted by Gasteiger charge is -2.11. The fraction of sp³-hybridized carbons (Fsp3) is 0.300. The molecule has 0 atom stereocenters. The van der Waals surface area contributed by atoms with E-state index in [2.05, 4.69) is 0 Å². The van der Waals surface area contributed by atoms with Crippen molar-refractivity contribution in [2.75, 3.05) is 0 Å². The molecule has 0 unspecified atom stereocenters. The standard InChI is InChI=1S/C10H11ClO3.C10H12O3/c1-6(2)14-9-4-3-7(10(12)13)5-8(9)11;1-7(2)13-9-5-3-8(4-6-9)10(11)12/h3-6H,1-2H3,(H,12,13);3-7H,1-2H3,(H,11,12). The number of halogens is 1. The molecule has 146 valence electrons. The van der Waals surface area contributed by atoms with Crippen LogP contribution < -0.4 is 9.47 Å². The second kappa shape index (κ2) is 10.4. The lowest BCUT2D eigenvalue weighted by Crippen LogP contribution is -2.06. The maximum atomic E-state index is 10.6. The minimum Gasteiger partial charge on any atom is -0.491 e. The predicted octanol–water partition coefficient (Wildman–Crippen LogP) is 5.00. The van der Waals surface area contributed by atoms with E-state index in [1.54, 1.807) is 18.2 Å². The largest absolute Gasteiger partial charge is 0.491 e. The van der Waals surface area contributed by atoms with Gasteiger partial charge in [0.1, 0.15) is 11.5 Å². The average Bonchev–Trinajstić information content (AvgIpc) is 2.56. The normalized spacial score (nSPS) is 10.2. The number of hydrogen-bond acceptors (Lipinski definition) is 4. The summed E-state index contributed by atoms with van der Waals surface area (Å²) in [7, 11) is 0. The smallest absolute Gasteiger partial charge is 0.335 e. The number of ether oxygens (including phenoxy) is 2. The zero-order valence-corrected chi connectivity index (χ0v) is 16.4. The molecule has 0 bridgehead atoms. The van der Waals surface area contributed by atoms with Crippen LogP contribution in [0, 0.1) is 0 Å². The molecule has 6 nitrogen and oxygen atoms in total. The molecule has 0 spiro atoms. The summed E-state index contributed by atoms with van der Waals surface area (Å²) in [5.74, 6) is -0.717. The monoisotopic (exact) mass is 394 g/mol. The molecule has 0 aliphatic rings. The number of rotatable bonds is 6. The van der Waals surface area contributed by atoms with Crippen LogP contribution in [0.1, 0.15) is 48.4 Å². The quantitative estimate of drug-likeness (QED) is 0.716. The molecular weight excluding hydrogens is 372 g/mol. The van der Waals surface area contributed by atoms with Crippen molar-refractivity contribution in [3.8, 4) is 11.5 Å². The van der Waals surface area contributed by atoms with Crippen LogP contribution in [0.4, 0.5) is 0 Å². The average molecular weight is 395 g/mol. The van der Waals surface area contributed by atoms with E-state index in [4.69, 9.17) is 31.3 Å². The van der Waals surface area contributed by atoms with Gasteiger partial charge < -0.3 is 19.7 Å². The molecule has 2 aromatic carbocycles. The van der Waals surface area contributed by atoms with Crippen molar-refractivity contribution in [1.82, 2.24) is 0 Å². The summed E-state index contributed by atoms with van der Waals surface area (Å²) in [4.78, 5) is 21.1. The zero-order chi connectivity index (χ0) is 20.6. The first-order valence-corrected chi connectivity index (χ1v) is 8.67. The lowest BCUT2D eigenvalue weighted by molar-refractivity contribution is 0.0686. The number of carboxylic acids is 2. The van der Waals surface area contributed by atoms with Gasteiger partial charge in [-0.05, 0) is 70.2 Å². The Morgan fingerprint density at radius 1 is 0.815 bits per heavy atom. The molecule has 0 heterocycles. The molecule has 0 amide bonds. The van der Waals surface area contributed by atoms with E-state index in [0.29, 0.717) is 16.5 Å². The topological polar surface area (TPSA) is 93.1 Å². The first-order chi connectivity index (χ1) is 12.6. The Balaban J connectivity index is 0.000000271. The zero-order valence-electron chi connectivity index (χ0n) is 15.6. The molecule has 0 aromatic heterocycles. The summed E-state index contributed by atoms with van der Waals surface area (Å²) in [6, 6.07) is 10.8. The van der Waals surface area contributed by atoms with Crippen LogP contribution in [0.15, 0.2) is 42.5 Å². The van der Waals surface area contributed by atoms with E-state index in [-0.39, 0.29) is 23.3 Å². The van der Waals surface area contributed by atoms with Crippen LogP contribution in [0.3, 0.4) is 0 Å². The summed E-state index contributed by atoms with van der Waals surface area (Å²) in [5.41, 5.74) is 0.433. The van der Waals surface area contributed by atoms with Crippen molar-refractivity contribution < 1.29 is 29.3 Å². The second-order valence-corrected chi connectivity index (χ2v) is 6.52. The van der Waals surface area contributed by atoms with E-state index in [1.165, 1.54) is 24.3 Å². The SMILES string of the molecule is CC(C)Oc1ccc(C(=O)O)cc1.CC(C)Oc1ccc(C(=O)O)cc1Cl. The van der Waals surface area contributed by atoms with Crippen molar-refractivity contribution in [1.29, 1.82) is 0 Å². The highest BCUT2D eigenvalue weighted by atomic mass is 35.5. The van der Waals surface area contributed by atoms with Crippen LogP contribution in [0.25, 0.3) is 0 Å². The minimum absolute atomic E-state index is 0.0168. The Morgan fingerprint density at radius 2 is 1.30 bits per heavy atom. The summed E-state index contributed by atoms with van der Waals surface area (Å²) in [6.07, 6.45) is 0.124. The van der Waals surface area contributed by atoms with Crippen molar-refractivity contribution in [3.05, 3.63) is 58.6 Å². The number of carbonyl (C=O) groups is 2. The maximum absolute atomic E-state index is 10.6. The fourth-order valence-electron chi connectivity index (χ4n) is 1.93. The Kier molecular flexibility index (Phi) is 8.62. The Hall–Kier alpha value is -2.73. The van der Waals surface area contributed by atoms with Crippen molar-refractivity contribution in [2.45, 2.75) is 39.9 Å². The molecule has 0 saturated heterocycles. The summed E-state index contributed by atoms with van der Waals surface area (Å²) < 4.78 is 10.7. The van der Waals surface area contributed by atoms with Crippen molar-refractivity contribution in [2.24, 2.45) is 0 Å². The molecule has 2 N–H and O–H groups in total. The molecule has 0 radical (unpaired) electrons. The summed E-state index contributed by atoms with van der Waals surface area (Å²) in [5, 5.41) is 17.6. The number of carboxylic acid groups (broad SMARTS) is 2. The third kappa shape index (κ3) is 8.00. The van der Waals surface area contributed by atoms with E-state index in [9.17, 15) is 9.59 Å². The van der Waals surface area contributed by atoms with Crippen molar-refractivity contribution >= 4 is 23.5 Å².